The summed E-state index contributed by atoms with van der Waals surface area (Å²) in [5, 5.41) is 0. The monoisotopic (exact) mass is 317 g/mol. The van der Waals surface area contributed by atoms with Crippen LogP contribution in [0.25, 0.3) is 0 Å². The van der Waals surface area contributed by atoms with Gasteiger partial charge in [-0.1, -0.05) is 0 Å². The largest absolute Gasteiger partial charge is 0.496 e. The highest BCUT2D eigenvalue weighted by atomic mass is 79.9. The van der Waals surface area contributed by atoms with Crippen LogP contribution in [0.1, 0.15) is 26.3 Å². The Morgan fingerprint density at radius 2 is 2.06 bits per heavy atom. The highest BCUT2D eigenvalue weighted by molar-refractivity contribution is 9.10. The van der Waals surface area contributed by atoms with Gasteiger partial charge in [0, 0.05) is 6.21 Å². The van der Waals surface area contributed by atoms with Crippen LogP contribution in [-0.4, -0.2) is 22.3 Å². The fourth-order valence-electron chi connectivity index (χ4n) is 1.03. The van der Waals surface area contributed by atoms with Crippen molar-refractivity contribution in [3.63, 3.8) is 0 Å². The molecule has 1 atom stereocenters. The molecule has 0 radical (unpaired) electrons. The molecule has 0 aliphatic rings. The Morgan fingerprint density at radius 1 is 1.41 bits per heavy atom. The van der Waals surface area contributed by atoms with Gasteiger partial charge in [0.25, 0.3) is 0 Å². The normalized spacial score (nSPS) is 13.9. The summed E-state index contributed by atoms with van der Waals surface area (Å²) in [5.74, 6) is 0.763. The molecule has 0 bridgehead atoms. The highest BCUT2D eigenvalue weighted by Gasteiger charge is 2.18. The van der Waals surface area contributed by atoms with Gasteiger partial charge in [0.2, 0.25) is 0 Å². The molecule has 3 nitrogen and oxygen atoms in total. The van der Waals surface area contributed by atoms with Gasteiger partial charge in [-0.25, -0.2) is 4.21 Å². The van der Waals surface area contributed by atoms with Gasteiger partial charge in [0.1, 0.15) is 16.7 Å². The van der Waals surface area contributed by atoms with Crippen molar-refractivity contribution in [3.8, 4) is 5.75 Å². The Kier molecular flexibility index (Phi) is 4.89. The minimum atomic E-state index is -1.23. The Morgan fingerprint density at radius 3 is 2.53 bits per heavy atom. The molecule has 0 heterocycles. The van der Waals surface area contributed by atoms with Crippen LogP contribution < -0.4 is 4.74 Å². The van der Waals surface area contributed by atoms with Gasteiger partial charge in [-0.05, 0) is 60.5 Å². The van der Waals surface area contributed by atoms with Crippen LogP contribution >= 0.6 is 15.9 Å². The third kappa shape index (κ3) is 4.24. The van der Waals surface area contributed by atoms with Crippen molar-refractivity contribution in [2.75, 3.05) is 7.11 Å². The third-order valence-electron chi connectivity index (χ3n) is 2.00. The van der Waals surface area contributed by atoms with E-state index in [4.69, 9.17) is 4.74 Å². The number of benzene rings is 1. The van der Waals surface area contributed by atoms with E-state index in [1.54, 1.807) is 13.3 Å². The van der Waals surface area contributed by atoms with E-state index in [0.29, 0.717) is 0 Å². The summed E-state index contributed by atoms with van der Waals surface area (Å²) >= 11 is 3.39. The third-order valence-corrected chi connectivity index (χ3v) is 3.96. The number of halogens is 1. The topological polar surface area (TPSA) is 38.7 Å². The van der Waals surface area contributed by atoms with E-state index in [0.717, 1.165) is 15.8 Å². The van der Waals surface area contributed by atoms with Crippen LogP contribution in [0.3, 0.4) is 0 Å². The molecule has 17 heavy (non-hydrogen) atoms. The van der Waals surface area contributed by atoms with E-state index in [2.05, 4.69) is 20.3 Å². The molecule has 0 aliphatic heterocycles. The highest BCUT2D eigenvalue weighted by Crippen LogP contribution is 2.25. The molecule has 0 aromatic heterocycles. The lowest BCUT2D eigenvalue weighted by molar-refractivity contribution is 0.412. The Balaban J connectivity index is 2.86. The van der Waals surface area contributed by atoms with Gasteiger partial charge in [0.05, 0.1) is 16.3 Å². The zero-order chi connectivity index (χ0) is 13.1. The molecule has 1 aromatic rings. The molecule has 5 heteroatoms. The van der Waals surface area contributed by atoms with Crippen molar-refractivity contribution >= 4 is 33.1 Å². The maximum atomic E-state index is 11.7. The van der Waals surface area contributed by atoms with E-state index < -0.39 is 11.0 Å². The van der Waals surface area contributed by atoms with Gasteiger partial charge in [0.15, 0.2) is 0 Å². The average molecular weight is 318 g/mol. The predicted octanol–water partition coefficient (Wildman–Crippen LogP) is 3.34. The molecule has 1 aromatic carbocycles. The molecule has 0 spiro atoms. The molecule has 94 valence electrons. The Hall–Kier alpha value is -0.680. The van der Waals surface area contributed by atoms with Crippen LogP contribution in [0.15, 0.2) is 27.1 Å². The van der Waals surface area contributed by atoms with E-state index in [-0.39, 0.29) is 4.75 Å². The van der Waals surface area contributed by atoms with Crippen molar-refractivity contribution < 1.29 is 8.95 Å². The lowest BCUT2D eigenvalue weighted by atomic mass is 10.2. The van der Waals surface area contributed by atoms with E-state index in [1.165, 1.54) is 0 Å². The maximum absolute atomic E-state index is 11.7. The van der Waals surface area contributed by atoms with Gasteiger partial charge in [-0.15, -0.1) is 0 Å². The molecular formula is C12H16BrNO2S. The minimum Gasteiger partial charge on any atom is -0.496 e. The van der Waals surface area contributed by atoms with Crippen molar-refractivity contribution in [1.29, 1.82) is 0 Å². The average Bonchev–Trinajstić information content (AvgIpc) is 2.24. The van der Waals surface area contributed by atoms with Gasteiger partial charge >= 0.3 is 0 Å². The number of rotatable bonds is 3. The van der Waals surface area contributed by atoms with Crippen LogP contribution in [0.4, 0.5) is 0 Å². The van der Waals surface area contributed by atoms with E-state index >= 15 is 0 Å². The fourth-order valence-corrected chi connectivity index (χ4v) is 2.12. The number of hydrogen-bond donors (Lipinski definition) is 0. The number of ether oxygens (including phenoxy) is 1. The molecule has 0 unspecified atom stereocenters. The van der Waals surface area contributed by atoms with Crippen molar-refractivity contribution in [1.82, 2.24) is 0 Å². The van der Waals surface area contributed by atoms with Crippen LogP contribution in [0.2, 0.25) is 0 Å². The summed E-state index contributed by atoms with van der Waals surface area (Å²) in [6.45, 7) is 5.68. The summed E-state index contributed by atoms with van der Waals surface area (Å²) in [6.07, 6.45) is 1.62. The van der Waals surface area contributed by atoms with Crippen LogP contribution in [0.5, 0.6) is 5.75 Å². The number of hydrogen-bond acceptors (Lipinski definition) is 2. The van der Waals surface area contributed by atoms with Crippen molar-refractivity contribution in [3.05, 3.63) is 28.2 Å². The first kappa shape index (κ1) is 14.4. The first-order valence-corrected chi connectivity index (χ1v) is 7.04. The second kappa shape index (κ2) is 5.78. The summed E-state index contributed by atoms with van der Waals surface area (Å²) in [4.78, 5) is 0. The lowest BCUT2D eigenvalue weighted by Crippen LogP contribution is -2.19. The number of methoxy groups -OCH3 is 1. The molecule has 0 N–H and O–H groups in total. The van der Waals surface area contributed by atoms with E-state index in [9.17, 15) is 4.21 Å². The molecular weight excluding hydrogens is 302 g/mol. The molecule has 0 fully saturated rings. The maximum Gasteiger partial charge on any atom is 0.144 e. The smallest absolute Gasteiger partial charge is 0.144 e. The molecule has 0 saturated carbocycles. The van der Waals surface area contributed by atoms with Crippen molar-refractivity contribution in [2.45, 2.75) is 25.5 Å². The standard InChI is InChI=1S/C12H16BrNO2S/c1-12(2,3)17(15)14-8-9-5-6-11(16-4)10(13)7-9/h5-8H,1-4H3/t17-/m0/s1. The zero-order valence-electron chi connectivity index (χ0n) is 10.4. The van der Waals surface area contributed by atoms with E-state index in [1.807, 2.05) is 39.0 Å². The molecule has 0 amide bonds. The molecule has 0 aliphatic carbocycles. The minimum absolute atomic E-state index is 0.333. The fraction of sp³-hybridized carbons (Fsp3) is 0.417. The summed E-state index contributed by atoms with van der Waals surface area (Å²) in [5.41, 5.74) is 0.885. The number of nitrogens with zero attached hydrogens (tertiary/aromatic N) is 1. The second-order valence-corrected chi connectivity index (χ2v) is 7.28. The molecule has 0 saturated heterocycles. The Labute approximate surface area is 113 Å². The van der Waals surface area contributed by atoms with Gasteiger partial charge in [-0.2, -0.15) is 4.40 Å². The van der Waals surface area contributed by atoms with Gasteiger partial charge < -0.3 is 4.74 Å². The summed E-state index contributed by atoms with van der Waals surface area (Å²) < 4.78 is 21.4. The summed E-state index contributed by atoms with van der Waals surface area (Å²) in [7, 11) is 0.385. The lowest BCUT2D eigenvalue weighted by Gasteiger charge is -2.12. The Bertz CT molecular complexity index is 452. The van der Waals surface area contributed by atoms with Crippen molar-refractivity contribution in [2.24, 2.45) is 4.40 Å². The first-order valence-electron chi connectivity index (χ1n) is 5.14. The zero-order valence-corrected chi connectivity index (χ0v) is 12.8. The molecule has 1 rings (SSSR count). The first-order chi connectivity index (χ1) is 7.84. The van der Waals surface area contributed by atoms with Gasteiger partial charge in [-0.3, -0.25) is 0 Å². The quantitative estimate of drug-likeness (QED) is 0.802. The summed E-state index contributed by atoms with van der Waals surface area (Å²) in [6, 6.07) is 5.58. The van der Waals surface area contributed by atoms with Crippen LogP contribution in [-0.2, 0) is 11.0 Å². The second-order valence-electron chi connectivity index (χ2n) is 4.49. The van der Waals surface area contributed by atoms with Crippen LogP contribution in [0, 0.1) is 0 Å². The predicted molar refractivity (Wildman–Crippen MR) is 76.2 cm³/mol. The SMILES string of the molecule is COc1ccc(C=N[S@@](=O)C(C)(C)C)cc1Br.